The van der Waals surface area contributed by atoms with E-state index in [4.69, 9.17) is 11.0 Å². The van der Waals surface area contributed by atoms with Crippen LogP contribution >= 0.6 is 0 Å². The molecule has 1 aliphatic heterocycles. The summed E-state index contributed by atoms with van der Waals surface area (Å²) in [6.45, 7) is 0.336. The molecule has 0 aromatic carbocycles. The normalized spacial score (nSPS) is 18.8. The number of nitrogen functional groups attached to an aromatic ring is 1. The summed E-state index contributed by atoms with van der Waals surface area (Å²) in [4.78, 5) is 9.52. The van der Waals surface area contributed by atoms with Crippen molar-refractivity contribution in [3.8, 4) is 6.07 Å². The molecule has 1 aliphatic rings. The quantitative estimate of drug-likeness (QED) is 0.795. The highest BCUT2D eigenvalue weighted by molar-refractivity contribution is 5.44. The molecule has 17 heavy (non-hydrogen) atoms. The van der Waals surface area contributed by atoms with Gasteiger partial charge in [-0.25, -0.2) is 13.8 Å². The van der Waals surface area contributed by atoms with E-state index in [-0.39, 0.29) is 43.4 Å². The number of alkyl halides is 2. The minimum atomic E-state index is -2.62. The molecule has 1 aromatic rings. The number of nitrogens with two attached hydrogens (primary N) is 1. The molecular formula is C10H11F2N5. The van der Waals surface area contributed by atoms with Crippen LogP contribution < -0.4 is 10.6 Å². The highest BCUT2D eigenvalue weighted by Crippen LogP contribution is 2.29. The van der Waals surface area contributed by atoms with Crippen LogP contribution in [-0.2, 0) is 0 Å². The van der Waals surface area contributed by atoms with Gasteiger partial charge in [0.2, 0.25) is 5.95 Å². The van der Waals surface area contributed by atoms with E-state index in [1.165, 1.54) is 6.07 Å². The number of nitriles is 1. The zero-order valence-electron chi connectivity index (χ0n) is 9.03. The fourth-order valence-electron chi connectivity index (χ4n) is 1.69. The lowest BCUT2D eigenvalue weighted by atomic mass is 10.1. The van der Waals surface area contributed by atoms with E-state index in [1.54, 1.807) is 4.90 Å². The number of aromatic nitrogens is 2. The lowest BCUT2D eigenvalue weighted by molar-refractivity contribution is -0.0222. The van der Waals surface area contributed by atoms with Crippen LogP contribution in [0.3, 0.4) is 0 Å². The molecular weight excluding hydrogens is 228 g/mol. The molecule has 0 bridgehead atoms. The second-order valence-corrected chi connectivity index (χ2v) is 3.93. The number of rotatable bonds is 1. The van der Waals surface area contributed by atoms with Crippen molar-refractivity contribution in [2.45, 2.75) is 18.8 Å². The molecule has 2 heterocycles. The predicted molar refractivity (Wildman–Crippen MR) is 57.6 cm³/mol. The molecule has 0 unspecified atom stereocenters. The number of anilines is 2. The molecule has 1 aromatic heterocycles. The molecule has 0 radical (unpaired) electrons. The summed E-state index contributed by atoms with van der Waals surface area (Å²) in [5.74, 6) is -2.20. The Bertz CT molecular complexity index is 458. The lowest BCUT2D eigenvalue weighted by Crippen LogP contribution is -2.40. The fourth-order valence-corrected chi connectivity index (χ4v) is 1.69. The summed E-state index contributed by atoms with van der Waals surface area (Å²) in [7, 11) is 0. The van der Waals surface area contributed by atoms with Crippen molar-refractivity contribution in [2.24, 2.45) is 0 Å². The summed E-state index contributed by atoms with van der Waals surface area (Å²) in [5.41, 5.74) is 5.66. The molecule has 7 heteroatoms. The molecule has 90 valence electrons. The van der Waals surface area contributed by atoms with Gasteiger partial charge in [-0.15, -0.1) is 0 Å². The topological polar surface area (TPSA) is 78.8 Å². The van der Waals surface area contributed by atoms with E-state index in [9.17, 15) is 8.78 Å². The zero-order chi connectivity index (χ0) is 12.5. The Labute approximate surface area is 96.9 Å². The van der Waals surface area contributed by atoms with Crippen molar-refractivity contribution in [2.75, 3.05) is 23.7 Å². The highest BCUT2D eigenvalue weighted by atomic mass is 19.3. The highest BCUT2D eigenvalue weighted by Gasteiger charge is 2.34. The van der Waals surface area contributed by atoms with E-state index in [2.05, 4.69) is 9.97 Å². The SMILES string of the molecule is N#Cc1cc(N)nc(N2CCC(F)(F)CC2)n1. The van der Waals surface area contributed by atoms with Gasteiger partial charge in [0.05, 0.1) is 0 Å². The van der Waals surface area contributed by atoms with Gasteiger partial charge in [0.1, 0.15) is 17.6 Å². The Morgan fingerprint density at radius 2 is 2.00 bits per heavy atom. The number of halogens is 2. The van der Waals surface area contributed by atoms with Crippen LogP contribution in [0.25, 0.3) is 0 Å². The lowest BCUT2D eigenvalue weighted by Gasteiger charge is -2.31. The molecule has 1 fully saturated rings. The molecule has 0 aliphatic carbocycles. The Kier molecular flexibility index (Phi) is 2.79. The molecule has 0 amide bonds. The third-order valence-corrected chi connectivity index (χ3v) is 2.63. The number of hydrogen-bond acceptors (Lipinski definition) is 5. The molecule has 0 saturated carbocycles. The molecule has 2 rings (SSSR count). The molecule has 5 nitrogen and oxygen atoms in total. The van der Waals surface area contributed by atoms with Crippen molar-refractivity contribution in [1.82, 2.24) is 9.97 Å². The first-order valence-electron chi connectivity index (χ1n) is 5.18. The minimum absolute atomic E-state index is 0.143. The summed E-state index contributed by atoms with van der Waals surface area (Å²) in [5, 5.41) is 8.73. The number of hydrogen-bond donors (Lipinski definition) is 1. The smallest absolute Gasteiger partial charge is 0.251 e. The Morgan fingerprint density at radius 1 is 1.35 bits per heavy atom. The van der Waals surface area contributed by atoms with Crippen molar-refractivity contribution in [1.29, 1.82) is 5.26 Å². The van der Waals surface area contributed by atoms with Crippen LogP contribution in [0.1, 0.15) is 18.5 Å². The zero-order valence-corrected chi connectivity index (χ0v) is 9.03. The summed E-state index contributed by atoms with van der Waals surface area (Å²) in [6, 6.07) is 3.21. The van der Waals surface area contributed by atoms with Gasteiger partial charge in [-0.05, 0) is 0 Å². The second kappa shape index (κ2) is 4.13. The van der Waals surface area contributed by atoms with Crippen LogP contribution in [0.15, 0.2) is 6.07 Å². The first-order valence-corrected chi connectivity index (χ1v) is 5.18. The molecule has 2 N–H and O–H groups in total. The average molecular weight is 239 g/mol. The van der Waals surface area contributed by atoms with E-state index in [0.29, 0.717) is 0 Å². The minimum Gasteiger partial charge on any atom is -0.383 e. The average Bonchev–Trinajstić information content (AvgIpc) is 2.28. The van der Waals surface area contributed by atoms with Gasteiger partial charge in [0.15, 0.2) is 0 Å². The van der Waals surface area contributed by atoms with Crippen molar-refractivity contribution < 1.29 is 8.78 Å². The van der Waals surface area contributed by atoms with E-state index >= 15 is 0 Å². The van der Waals surface area contributed by atoms with Crippen molar-refractivity contribution in [3.63, 3.8) is 0 Å². The molecule has 0 spiro atoms. The standard InChI is InChI=1S/C10H11F2N5/c11-10(12)1-3-17(4-2-10)9-15-7(6-13)5-8(14)16-9/h5H,1-4H2,(H2,14,15,16). The maximum atomic E-state index is 13.0. The van der Waals surface area contributed by atoms with Crippen LogP contribution in [0.4, 0.5) is 20.5 Å². The Balaban J connectivity index is 2.19. The molecule has 1 saturated heterocycles. The summed E-state index contributed by atoms with van der Waals surface area (Å²) < 4.78 is 25.9. The monoisotopic (exact) mass is 239 g/mol. The van der Waals surface area contributed by atoms with Crippen LogP contribution in [0.5, 0.6) is 0 Å². The van der Waals surface area contributed by atoms with Gasteiger partial charge in [0.25, 0.3) is 5.92 Å². The maximum Gasteiger partial charge on any atom is 0.251 e. The summed E-state index contributed by atoms with van der Waals surface area (Å²) in [6.07, 6.45) is -0.458. The third kappa shape index (κ3) is 2.58. The summed E-state index contributed by atoms with van der Waals surface area (Å²) >= 11 is 0. The Hall–Kier alpha value is -1.97. The first-order chi connectivity index (χ1) is 8.00. The second-order valence-electron chi connectivity index (χ2n) is 3.93. The van der Waals surface area contributed by atoms with Gasteiger partial charge < -0.3 is 10.6 Å². The Morgan fingerprint density at radius 3 is 2.59 bits per heavy atom. The third-order valence-electron chi connectivity index (χ3n) is 2.63. The van der Waals surface area contributed by atoms with Gasteiger partial charge in [-0.1, -0.05) is 0 Å². The molecule has 0 atom stereocenters. The van der Waals surface area contributed by atoms with Crippen molar-refractivity contribution >= 4 is 11.8 Å². The van der Waals surface area contributed by atoms with E-state index < -0.39 is 5.92 Å². The van der Waals surface area contributed by atoms with Gasteiger partial charge >= 0.3 is 0 Å². The van der Waals surface area contributed by atoms with E-state index in [1.807, 2.05) is 6.07 Å². The van der Waals surface area contributed by atoms with Gasteiger partial charge in [0, 0.05) is 32.0 Å². The van der Waals surface area contributed by atoms with Gasteiger partial charge in [-0.2, -0.15) is 10.2 Å². The first kappa shape index (κ1) is 11.5. The van der Waals surface area contributed by atoms with Crippen molar-refractivity contribution in [3.05, 3.63) is 11.8 Å². The van der Waals surface area contributed by atoms with Crippen LogP contribution in [0.2, 0.25) is 0 Å². The largest absolute Gasteiger partial charge is 0.383 e. The van der Waals surface area contributed by atoms with Gasteiger partial charge in [-0.3, -0.25) is 0 Å². The van der Waals surface area contributed by atoms with E-state index in [0.717, 1.165) is 0 Å². The number of nitrogens with zero attached hydrogens (tertiary/aromatic N) is 4. The van der Waals surface area contributed by atoms with Crippen LogP contribution in [0, 0.1) is 11.3 Å². The number of piperidine rings is 1. The fraction of sp³-hybridized carbons (Fsp3) is 0.500. The maximum absolute atomic E-state index is 13.0. The van der Waals surface area contributed by atoms with Crippen LogP contribution in [-0.4, -0.2) is 29.0 Å². The predicted octanol–water partition coefficient (Wildman–Crippen LogP) is 1.17.